The molecule has 0 radical (unpaired) electrons. The van der Waals surface area contributed by atoms with Crippen LogP contribution in [0.15, 0.2) is 53.4 Å². The number of rotatable bonds is 9. The number of carbonyl (C=O) groups is 2. The predicted molar refractivity (Wildman–Crippen MR) is 149 cm³/mol. The van der Waals surface area contributed by atoms with Gasteiger partial charge in [-0.05, 0) is 49.6 Å². The van der Waals surface area contributed by atoms with Gasteiger partial charge >= 0.3 is 0 Å². The number of aromatic nitrogens is 3. The zero-order valence-electron chi connectivity index (χ0n) is 20.4. The van der Waals surface area contributed by atoms with Crippen molar-refractivity contribution in [2.24, 2.45) is 0 Å². The van der Waals surface area contributed by atoms with E-state index in [9.17, 15) is 9.59 Å². The Labute approximate surface area is 237 Å². The van der Waals surface area contributed by atoms with Gasteiger partial charge in [-0.15, -0.1) is 16.4 Å². The highest BCUT2D eigenvalue weighted by atomic mass is 35.5. The fourth-order valence-corrected chi connectivity index (χ4v) is 4.82. The van der Waals surface area contributed by atoms with Crippen molar-refractivity contribution in [1.82, 2.24) is 20.1 Å². The molecule has 0 fully saturated rings. The van der Waals surface area contributed by atoms with Crippen molar-refractivity contribution in [2.45, 2.75) is 19.4 Å². The normalized spacial score (nSPS) is 11.3. The fourth-order valence-electron chi connectivity index (χ4n) is 3.53. The Morgan fingerprint density at radius 3 is 2.58 bits per heavy atom. The molecule has 4 aromatic rings. The predicted octanol–water partition coefficient (Wildman–Crippen LogP) is 6.49. The van der Waals surface area contributed by atoms with Crippen molar-refractivity contribution in [3.8, 4) is 17.4 Å². The summed E-state index contributed by atoms with van der Waals surface area (Å²) in [7, 11) is 1.53. The first-order valence-electron chi connectivity index (χ1n) is 11.1. The average Bonchev–Trinajstić information content (AvgIpc) is 3.51. The van der Waals surface area contributed by atoms with E-state index in [1.807, 2.05) is 5.38 Å². The van der Waals surface area contributed by atoms with Crippen molar-refractivity contribution in [2.75, 3.05) is 19.0 Å². The molecule has 9 nitrogen and oxygen atoms in total. The SMILES string of the molecule is COCC(C)(C)NC(=O)c1cc(Cl)cc(Cl)c1NC(=O)c1cc(Oc2ccsc2)nn1-c1ncccc1Cl. The largest absolute Gasteiger partial charge is 0.437 e. The third-order valence-corrected chi connectivity index (χ3v) is 6.54. The Kier molecular flexibility index (Phi) is 8.59. The van der Waals surface area contributed by atoms with Crippen LogP contribution in [0, 0.1) is 0 Å². The van der Waals surface area contributed by atoms with E-state index in [1.165, 1.54) is 47.5 Å². The van der Waals surface area contributed by atoms with Gasteiger partial charge < -0.3 is 20.1 Å². The fraction of sp³-hybridized carbons (Fsp3) is 0.200. The second-order valence-corrected chi connectivity index (χ2v) is 10.7. The van der Waals surface area contributed by atoms with E-state index in [2.05, 4.69) is 20.7 Å². The minimum Gasteiger partial charge on any atom is -0.437 e. The molecule has 0 aliphatic heterocycles. The number of nitrogens with one attached hydrogen (secondary N) is 2. The number of thiophene rings is 1. The number of carbonyl (C=O) groups excluding carboxylic acids is 2. The van der Waals surface area contributed by atoms with Crippen molar-refractivity contribution >= 4 is 63.6 Å². The van der Waals surface area contributed by atoms with Crippen LogP contribution >= 0.6 is 46.1 Å². The lowest BCUT2D eigenvalue weighted by Crippen LogP contribution is -2.47. The second kappa shape index (κ2) is 11.7. The summed E-state index contributed by atoms with van der Waals surface area (Å²) in [4.78, 5) is 31.0. The van der Waals surface area contributed by atoms with E-state index in [-0.39, 0.29) is 50.3 Å². The Bertz CT molecular complexity index is 1470. The van der Waals surface area contributed by atoms with Gasteiger partial charge in [-0.1, -0.05) is 34.8 Å². The summed E-state index contributed by atoms with van der Waals surface area (Å²) in [5, 5.41) is 14.1. The number of nitrogens with zero attached hydrogens (tertiary/aromatic N) is 3. The number of halogens is 3. The Balaban J connectivity index is 1.72. The van der Waals surface area contributed by atoms with Gasteiger partial charge in [-0.25, -0.2) is 9.67 Å². The molecule has 1 aromatic carbocycles. The van der Waals surface area contributed by atoms with Crippen molar-refractivity contribution in [1.29, 1.82) is 0 Å². The van der Waals surface area contributed by atoms with Crippen LogP contribution < -0.4 is 15.4 Å². The van der Waals surface area contributed by atoms with E-state index >= 15 is 0 Å². The van der Waals surface area contributed by atoms with Crippen LogP contribution in [0.5, 0.6) is 11.6 Å². The van der Waals surface area contributed by atoms with Gasteiger partial charge in [0.1, 0.15) is 11.4 Å². The maximum atomic E-state index is 13.6. The number of ether oxygens (including phenoxy) is 2. The lowest BCUT2D eigenvalue weighted by Gasteiger charge is -2.26. The lowest BCUT2D eigenvalue weighted by atomic mass is 10.1. The number of hydrogen-bond acceptors (Lipinski definition) is 7. The Hall–Kier alpha value is -3.15. The summed E-state index contributed by atoms with van der Waals surface area (Å²) in [6, 6.07) is 9.31. The summed E-state index contributed by atoms with van der Waals surface area (Å²) < 4.78 is 12.2. The number of pyridine rings is 1. The molecule has 3 heterocycles. The van der Waals surface area contributed by atoms with E-state index in [1.54, 1.807) is 37.4 Å². The lowest BCUT2D eigenvalue weighted by molar-refractivity contribution is 0.0821. The monoisotopic (exact) mass is 593 g/mol. The third kappa shape index (κ3) is 6.46. The van der Waals surface area contributed by atoms with Gasteiger partial charge in [0.05, 0.1) is 33.4 Å². The molecule has 13 heteroatoms. The third-order valence-electron chi connectivity index (χ3n) is 5.07. The molecule has 38 heavy (non-hydrogen) atoms. The quantitative estimate of drug-likeness (QED) is 0.229. The minimum atomic E-state index is -0.704. The first-order valence-corrected chi connectivity index (χ1v) is 13.2. The first-order chi connectivity index (χ1) is 18.1. The van der Waals surface area contributed by atoms with Crippen molar-refractivity contribution in [3.05, 3.63) is 79.7 Å². The first kappa shape index (κ1) is 27.9. The molecule has 2 amide bonds. The minimum absolute atomic E-state index is 0.0351. The molecule has 0 atom stereocenters. The van der Waals surface area contributed by atoms with Crippen LogP contribution in [0.2, 0.25) is 15.1 Å². The van der Waals surface area contributed by atoms with Gasteiger partial charge in [0, 0.05) is 29.8 Å². The highest BCUT2D eigenvalue weighted by Crippen LogP contribution is 2.32. The number of amides is 2. The number of hydrogen-bond donors (Lipinski definition) is 2. The molecular weight excluding hydrogens is 573 g/mol. The smallest absolute Gasteiger partial charge is 0.274 e. The van der Waals surface area contributed by atoms with Gasteiger partial charge in [-0.3, -0.25) is 9.59 Å². The van der Waals surface area contributed by atoms with Crippen LogP contribution in [-0.4, -0.2) is 45.8 Å². The van der Waals surface area contributed by atoms with Crippen LogP contribution in [0.3, 0.4) is 0 Å². The average molecular weight is 595 g/mol. The van der Waals surface area contributed by atoms with Gasteiger partial charge in [0.2, 0.25) is 5.88 Å². The van der Waals surface area contributed by atoms with E-state index in [0.717, 1.165) is 0 Å². The highest BCUT2D eigenvalue weighted by Gasteiger charge is 2.27. The molecule has 0 unspecified atom stereocenters. The second-order valence-electron chi connectivity index (χ2n) is 8.68. The Morgan fingerprint density at radius 1 is 1.11 bits per heavy atom. The zero-order valence-corrected chi connectivity index (χ0v) is 23.5. The summed E-state index contributed by atoms with van der Waals surface area (Å²) in [5.74, 6) is -0.252. The molecule has 3 aromatic heterocycles. The molecular formula is C25H22Cl3N5O4S. The molecule has 0 aliphatic carbocycles. The topological polar surface area (TPSA) is 107 Å². The number of methoxy groups -OCH3 is 1. The molecule has 0 aliphatic rings. The van der Waals surface area contributed by atoms with E-state index < -0.39 is 17.4 Å². The molecule has 0 spiro atoms. The van der Waals surface area contributed by atoms with Gasteiger partial charge in [0.15, 0.2) is 5.82 Å². The van der Waals surface area contributed by atoms with Crippen molar-refractivity contribution in [3.63, 3.8) is 0 Å². The number of benzene rings is 1. The molecule has 0 bridgehead atoms. The van der Waals surface area contributed by atoms with E-state index in [4.69, 9.17) is 44.3 Å². The van der Waals surface area contributed by atoms with Crippen LogP contribution in [0.1, 0.15) is 34.7 Å². The molecule has 198 valence electrons. The van der Waals surface area contributed by atoms with Crippen LogP contribution in [0.4, 0.5) is 5.69 Å². The zero-order chi connectivity index (χ0) is 27.4. The highest BCUT2D eigenvalue weighted by molar-refractivity contribution is 7.08. The van der Waals surface area contributed by atoms with E-state index in [0.29, 0.717) is 5.75 Å². The summed E-state index contributed by atoms with van der Waals surface area (Å²) in [6.07, 6.45) is 1.52. The maximum Gasteiger partial charge on any atom is 0.274 e. The standard InChI is InChI=1S/C25H22Cl3N5O4S/c1-25(2,13-36-3)31-23(34)16-9-14(26)10-18(28)21(16)30-24(35)19-11-20(37-15-6-8-38-12-15)32-33(19)22-17(27)5-4-7-29-22/h4-12H,13H2,1-3H3,(H,30,35)(H,31,34). The molecule has 4 rings (SSSR count). The summed E-state index contributed by atoms with van der Waals surface area (Å²) in [6.45, 7) is 3.84. The summed E-state index contributed by atoms with van der Waals surface area (Å²) >= 11 is 20.4. The Morgan fingerprint density at radius 2 is 1.89 bits per heavy atom. The van der Waals surface area contributed by atoms with Gasteiger partial charge in [0.25, 0.3) is 11.8 Å². The molecule has 0 saturated heterocycles. The molecule has 2 N–H and O–H groups in total. The maximum absolute atomic E-state index is 13.6. The molecule has 0 saturated carbocycles. The van der Waals surface area contributed by atoms with Gasteiger partial charge in [-0.2, -0.15) is 0 Å². The number of anilines is 1. The van der Waals surface area contributed by atoms with Crippen LogP contribution in [-0.2, 0) is 4.74 Å². The van der Waals surface area contributed by atoms with Crippen molar-refractivity contribution < 1.29 is 19.1 Å². The van der Waals surface area contributed by atoms with Crippen LogP contribution in [0.25, 0.3) is 5.82 Å². The summed E-state index contributed by atoms with van der Waals surface area (Å²) in [5.41, 5.74) is -0.541.